The molecule has 2 aromatic carbocycles. The number of hydrogen-bond acceptors (Lipinski definition) is 3. The van der Waals surface area contributed by atoms with Gasteiger partial charge < -0.3 is 14.5 Å². The summed E-state index contributed by atoms with van der Waals surface area (Å²) < 4.78 is 45.0. The van der Waals surface area contributed by atoms with Crippen LogP contribution in [0.15, 0.2) is 54.6 Å². The summed E-state index contributed by atoms with van der Waals surface area (Å²) in [5.41, 5.74) is 2.95. The zero-order valence-corrected chi connectivity index (χ0v) is 19.4. The topological polar surface area (TPSA) is 49.9 Å². The van der Waals surface area contributed by atoms with Crippen molar-refractivity contribution in [2.75, 3.05) is 32.8 Å². The molecule has 1 aliphatic rings. The molecule has 0 fully saturated rings. The number of ether oxygens (including phenoxy) is 1. The van der Waals surface area contributed by atoms with E-state index in [1.165, 1.54) is 0 Å². The molecule has 0 aliphatic carbocycles. The highest BCUT2D eigenvalue weighted by molar-refractivity contribution is 5.95. The maximum absolute atomic E-state index is 13.0. The van der Waals surface area contributed by atoms with E-state index in [2.05, 4.69) is 0 Å². The molecule has 0 saturated carbocycles. The summed E-state index contributed by atoms with van der Waals surface area (Å²) in [5.74, 6) is -1.27. The molecule has 0 N–H and O–H groups in total. The predicted molar refractivity (Wildman–Crippen MR) is 125 cm³/mol. The van der Waals surface area contributed by atoms with Crippen molar-refractivity contribution in [1.29, 1.82) is 0 Å². The fourth-order valence-electron chi connectivity index (χ4n) is 3.98. The number of carbonyl (C=O) groups is 2. The van der Waals surface area contributed by atoms with Crippen molar-refractivity contribution in [2.24, 2.45) is 0 Å². The lowest BCUT2D eigenvalue weighted by Crippen LogP contribution is -2.42. The van der Waals surface area contributed by atoms with E-state index in [0.29, 0.717) is 24.4 Å². The highest BCUT2D eigenvalue weighted by atomic mass is 19.4. The Balaban J connectivity index is 1.95. The lowest BCUT2D eigenvalue weighted by Gasteiger charge is -2.23. The normalized spacial score (nSPS) is 16.4. The Morgan fingerprint density at radius 3 is 2.32 bits per heavy atom. The molecule has 0 radical (unpaired) electrons. The van der Waals surface area contributed by atoms with Gasteiger partial charge in [0.1, 0.15) is 5.75 Å². The number of rotatable bonds is 4. The zero-order chi connectivity index (χ0) is 24.7. The molecule has 0 bridgehead atoms. The molecule has 5 nitrogen and oxygen atoms in total. The van der Waals surface area contributed by atoms with Crippen LogP contribution < -0.4 is 4.74 Å². The minimum atomic E-state index is -4.91. The van der Waals surface area contributed by atoms with Gasteiger partial charge in [0.25, 0.3) is 5.91 Å². The summed E-state index contributed by atoms with van der Waals surface area (Å²) in [7, 11) is 0. The molecular weight excluding hydrogens is 445 g/mol. The average molecular weight is 475 g/mol. The quantitative estimate of drug-likeness (QED) is 0.615. The van der Waals surface area contributed by atoms with Gasteiger partial charge in [-0.15, -0.1) is 0 Å². The molecule has 0 spiro atoms. The lowest BCUT2D eigenvalue weighted by molar-refractivity contribution is -0.185. The van der Waals surface area contributed by atoms with Crippen molar-refractivity contribution in [3.63, 3.8) is 0 Å². The molecule has 2 amide bonds. The molecule has 0 atom stereocenters. The first-order chi connectivity index (χ1) is 16.3. The van der Waals surface area contributed by atoms with Crippen molar-refractivity contribution < 1.29 is 27.5 Å². The molecule has 1 heterocycles. The highest BCUT2D eigenvalue weighted by Gasteiger charge is 2.42. The number of carbonyl (C=O) groups excluding carboxylic acids is 2. The molecule has 0 saturated heterocycles. The van der Waals surface area contributed by atoms with Gasteiger partial charge in [-0.25, -0.2) is 0 Å². The second-order valence-electron chi connectivity index (χ2n) is 7.95. The average Bonchev–Trinajstić information content (AvgIpc) is 2.87. The van der Waals surface area contributed by atoms with E-state index in [0.717, 1.165) is 21.6 Å². The van der Waals surface area contributed by atoms with E-state index in [1.54, 1.807) is 17.0 Å². The van der Waals surface area contributed by atoms with Crippen LogP contribution in [0, 0.1) is 0 Å². The fraction of sp³-hybridized carbons (Fsp3) is 0.385. The molecule has 0 aromatic heterocycles. The van der Waals surface area contributed by atoms with Crippen molar-refractivity contribution in [1.82, 2.24) is 9.80 Å². The summed E-state index contributed by atoms with van der Waals surface area (Å²) in [5, 5.41) is 0. The van der Waals surface area contributed by atoms with Crippen LogP contribution in [-0.4, -0.2) is 60.6 Å². The Kier molecular flexibility index (Phi) is 8.36. The van der Waals surface area contributed by atoms with Gasteiger partial charge in [-0.2, -0.15) is 13.2 Å². The van der Waals surface area contributed by atoms with E-state index in [9.17, 15) is 22.8 Å². The first kappa shape index (κ1) is 25.3. The van der Waals surface area contributed by atoms with Gasteiger partial charge in [0.05, 0.1) is 6.61 Å². The summed E-state index contributed by atoms with van der Waals surface area (Å²) in [4.78, 5) is 27.1. The third kappa shape index (κ3) is 5.98. The third-order valence-corrected chi connectivity index (χ3v) is 5.78. The van der Waals surface area contributed by atoms with Crippen molar-refractivity contribution in [2.45, 2.75) is 32.9 Å². The first-order valence-corrected chi connectivity index (χ1v) is 11.4. The van der Waals surface area contributed by atoms with Crippen molar-refractivity contribution in [3.05, 3.63) is 71.3 Å². The molecule has 0 unspecified atom stereocenters. The molecule has 8 heteroatoms. The first-order valence-electron chi connectivity index (χ1n) is 11.4. The maximum atomic E-state index is 13.0. The van der Waals surface area contributed by atoms with Gasteiger partial charge in [0.15, 0.2) is 0 Å². The summed E-state index contributed by atoms with van der Waals surface area (Å²) >= 11 is 0. The highest BCUT2D eigenvalue weighted by Crippen LogP contribution is 2.32. The zero-order valence-electron chi connectivity index (χ0n) is 19.4. The Morgan fingerprint density at radius 1 is 1.00 bits per heavy atom. The Hall–Kier alpha value is -3.29. The van der Waals surface area contributed by atoms with Gasteiger partial charge in [0.2, 0.25) is 0 Å². The van der Waals surface area contributed by atoms with Gasteiger partial charge in [-0.1, -0.05) is 36.4 Å². The number of amides is 2. The number of benzene rings is 2. The largest absolute Gasteiger partial charge is 0.493 e. The van der Waals surface area contributed by atoms with Gasteiger partial charge >= 0.3 is 12.1 Å². The van der Waals surface area contributed by atoms with Crippen LogP contribution in [0.5, 0.6) is 5.75 Å². The Labute approximate surface area is 197 Å². The van der Waals surface area contributed by atoms with E-state index < -0.39 is 12.1 Å². The lowest BCUT2D eigenvalue weighted by atomic mass is 9.95. The van der Waals surface area contributed by atoms with Crippen molar-refractivity contribution in [3.8, 4) is 5.75 Å². The minimum Gasteiger partial charge on any atom is -0.493 e. The molecule has 182 valence electrons. The summed E-state index contributed by atoms with van der Waals surface area (Å²) in [6.07, 6.45) is -2.56. The number of para-hydroxylation sites is 1. The van der Waals surface area contributed by atoms with Crippen LogP contribution in [0.25, 0.3) is 5.57 Å². The van der Waals surface area contributed by atoms with Gasteiger partial charge in [-0.05, 0) is 56.0 Å². The van der Waals surface area contributed by atoms with E-state index in [4.69, 9.17) is 4.74 Å². The van der Waals surface area contributed by atoms with Crippen LogP contribution in [0.2, 0.25) is 0 Å². The molecular formula is C26H29F3N2O3. The summed E-state index contributed by atoms with van der Waals surface area (Å²) in [6, 6.07) is 14.6. The second-order valence-corrected chi connectivity index (χ2v) is 7.95. The van der Waals surface area contributed by atoms with Crippen LogP contribution in [0.1, 0.15) is 48.2 Å². The van der Waals surface area contributed by atoms with Crippen LogP contribution in [-0.2, 0) is 4.79 Å². The SMILES string of the molecule is CCN(CC)C(=O)c1ccc(/C2=C/CCN(C(=O)C(F)(F)F)CCCOc3ccccc32)cc1. The van der Waals surface area contributed by atoms with E-state index in [-0.39, 0.29) is 38.4 Å². The number of fused-ring (bicyclic) bond motifs is 1. The Morgan fingerprint density at radius 2 is 1.68 bits per heavy atom. The summed E-state index contributed by atoms with van der Waals surface area (Å²) in [6.45, 7) is 5.16. The smallest absolute Gasteiger partial charge is 0.471 e. The monoisotopic (exact) mass is 474 g/mol. The maximum Gasteiger partial charge on any atom is 0.471 e. The molecule has 34 heavy (non-hydrogen) atoms. The number of halogens is 3. The second kappa shape index (κ2) is 11.2. The van der Waals surface area contributed by atoms with E-state index in [1.807, 2.05) is 56.3 Å². The number of alkyl halides is 3. The van der Waals surface area contributed by atoms with Crippen LogP contribution in [0.3, 0.4) is 0 Å². The third-order valence-electron chi connectivity index (χ3n) is 5.78. The van der Waals surface area contributed by atoms with Gasteiger partial charge in [0, 0.05) is 37.3 Å². The Bertz CT molecular complexity index is 1030. The molecule has 1 aliphatic heterocycles. The predicted octanol–water partition coefficient (Wildman–Crippen LogP) is 5.16. The van der Waals surface area contributed by atoms with Crippen molar-refractivity contribution >= 4 is 17.4 Å². The van der Waals surface area contributed by atoms with Crippen LogP contribution >= 0.6 is 0 Å². The molecule has 2 aromatic rings. The minimum absolute atomic E-state index is 0.0359. The standard InChI is InChI=1S/C26H29F3N2O3/c1-3-30(4-2)24(32)20-14-12-19(13-15-20)21-10-7-16-31(25(33)26(27,28)29)17-8-18-34-23-11-6-5-9-22(21)23/h5-6,9-15H,3-4,7-8,16-18H2,1-2H3/b21-10-. The van der Waals surface area contributed by atoms with Gasteiger partial charge in [-0.3, -0.25) is 9.59 Å². The number of hydrogen-bond donors (Lipinski definition) is 0. The fourth-order valence-corrected chi connectivity index (χ4v) is 3.98. The van der Waals surface area contributed by atoms with Crippen LogP contribution in [0.4, 0.5) is 13.2 Å². The number of nitrogens with zero attached hydrogens (tertiary/aromatic N) is 2. The molecule has 3 rings (SSSR count). The van der Waals surface area contributed by atoms with E-state index >= 15 is 0 Å².